The predicted molar refractivity (Wildman–Crippen MR) is 192 cm³/mol. The summed E-state index contributed by atoms with van der Waals surface area (Å²) in [6.07, 6.45) is 35.2. The van der Waals surface area contributed by atoms with Crippen molar-refractivity contribution in [3.8, 4) is 0 Å². The van der Waals surface area contributed by atoms with E-state index in [1.807, 2.05) is 0 Å². The lowest BCUT2D eigenvalue weighted by molar-refractivity contribution is -0.134. The molecule has 270 valence electrons. The van der Waals surface area contributed by atoms with Crippen LogP contribution < -0.4 is 0 Å². The number of unbranched alkanes of at least 4 members (excludes halogenated alkanes) is 25. The van der Waals surface area contributed by atoms with Crippen molar-refractivity contribution in [2.75, 3.05) is 46.1 Å². The van der Waals surface area contributed by atoms with E-state index in [4.69, 9.17) is 14.6 Å². The molecule has 0 aliphatic rings. The molecule has 0 aliphatic carbocycles. The van der Waals surface area contributed by atoms with Gasteiger partial charge in [-0.05, 0) is 12.8 Å². The Hall–Kier alpha value is -0.690. The zero-order valence-corrected chi connectivity index (χ0v) is 30.4. The molecule has 0 aromatic heterocycles. The molecule has 0 aromatic carbocycles. The van der Waals surface area contributed by atoms with E-state index in [-0.39, 0.29) is 32.3 Å². The minimum absolute atomic E-state index is 0.0252. The minimum atomic E-state index is -0.690. The van der Waals surface area contributed by atoms with Crippen LogP contribution in [0.2, 0.25) is 0 Å². The number of carbonyl (C=O) groups excluding carboxylic acids is 1. The van der Waals surface area contributed by atoms with Crippen LogP contribution in [0.4, 0.5) is 0 Å². The van der Waals surface area contributed by atoms with Crippen molar-refractivity contribution in [2.45, 2.75) is 200 Å². The second-order valence-electron chi connectivity index (χ2n) is 13.5. The van der Waals surface area contributed by atoms with E-state index in [1.54, 1.807) is 4.90 Å². The molecule has 6 nitrogen and oxygen atoms in total. The Morgan fingerprint density at radius 2 is 0.933 bits per heavy atom. The Bertz CT molecular complexity index is 576. The molecule has 0 saturated heterocycles. The van der Waals surface area contributed by atoms with Gasteiger partial charge in [-0.3, -0.25) is 4.79 Å². The molecule has 0 spiro atoms. The Morgan fingerprint density at radius 3 is 1.36 bits per heavy atom. The van der Waals surface area contributed by atoms with E-state index >= 15 is 0 Å². The maximum absolute atomic E-state index is 12.9. The smallest absolute Gasteiger partial charge is 0.222 e. The molecule has 0 saturated carbocycles. The van der Waals surface area contributed by atoms with Crippen molar-refractivity contribution < 1.29 is 24.5 Å². The Balaban J connectivity index is 3.87. The van der Waals surface area contributed by atoms with Crippen LogP contribution in [0.25, 0.3) is 0 Å². The summed E-state index contributed by atoms with van der Waals surface area (Å²) < 4.78 is 11.2. The van der Waals surface area contributed by atoms with Gasteiger partial charge in [0.15, 0.2) is 0 Å². The lowest BCUT2D eigenvalue weighted by Crippen LogP contribution is -2.41. The van der Waals surface area contributed by atoms with E-state index in [0.29, 0.717) is 26.2 Å². The van der Waals surface area contributed by atoms with Gasteiger partial charge < -0.3 is 24.6 Å². The van der Waals surface area contributed by atoms with E-state index in [1.165, 1.54) is 154 Å². The fourth-order valence-electron chi connectivity index (χ4n) is 6.04. The summed E-state index contributed by atoms with van der Waals surface area (Å²) in [4.78, 5) is 14.7. The van der Waals surface area contributed by atoms with Gasteiger partial charge in [-0.25, -0.2) is 0 Å². The van der Waals surface area contributed by atoms with Crippen LogP contribution in [0.1, 0.15) is 194 Å². The average Bonchev–Trinajstić information content (AvgIpc) is 3.04. The third-order valence-electron chi connectivity index (χ3n) is 8.97. The second-order valence-corrected chi connectivity index (χ2v) is 13.5. The van der Waals surface area contributed by atoms with Crippen LogP contribution >= 0.6 is 0 Å². The summed E-state index contributed by atoms with van der Waals surface area (Å²) in [5, 5.41) is 19.6. The summed E-state index contributed by atoms with van der Waals surface area (Å²) in [6.45, 7) is 6.81. The number of hydrogen-bond acceptors (Lipinski definition) is 5. The molecule has 1 amide bonds. The standard InChI is InChI=1S/C39H79NO5/c1-3-5-7-9-11-13-15-17-19-21-23-25-27-29-33-45-37-38(42)36-40(31-34-44-35-32-41)39(43)30-28-26-24-22-20-18-16-14-12-10-8-6-4-2/h38,41-42H,3-37H2,1-2H3. The highest BCUT2D eigenvalue weighted by Gasteiger charge is 2.17. The topological polar surface area (TPSA) is 79.2 Å². The van der Waals surface area contributed by atoms with Crippen LogP contribution in [0, 0.1) is 0 Å². The second kappa shape index (κ2) is 37.8. The lowest BCUT2D eigenvalue weighted by atomic mass is 10.0. The van der Waals surface area contributed by atoms with Crippen molar-refractivity contribution >= 4 is 5.91 Å². The zero-order chi connectivity index (χ0) is 32.9. The van der Waals surface area contributed by atoms with Crippen LogP contribution in [0.5, 0.6) is 0 Å². The molecule has 0 fully saturated rings. The quantitative estimate of drug-likeness (QED) is 0.0656. The number of nitrogens with zero attached hydrogens (tertiary/aromatic N) is 1. The molecular formula is C39H79NO5. The van der Waals surface area contributed by atoms with Gasteiger partial charge in [0.25, 0.3) is 0 Å². The van der Waals surface area contributed by atoms with Crippen molar-refractivity contribution in [1.29, 1.82) is 0 Å². The third kappa shape index (κ3) is 34.5. The number of rotatable bonds is 38. The Morgan fingerprint density at radius 1 is 0.533 bits per heavy atom. The number of aliphatic hydroxyl groups is 2. The molecule has 1 unspecified atom stereocenters. The SMILES string of the molecule is CCCCCCCCCCCCCCCCOCC(O)CN(CCOCCO)C(=O)CCCCCCCCCCCCCCC. The zero-order valence-electron chi connectivity index (χ0n) is 30.4. The van der Waals surface area contributed by atoms with Crippen LogP contribution in [0.3, 0.4) is 0 Å². The monoisotopic (exact) mass is 642 g/mol. The summed E-state index contributed by atoms with van der Waals surface area (Å²) in [6, 6.07) is 0. The number of aliphatic hydroxyl groups excluding tert-OH is 2. The van der Waals surface area contributed by atoms with Gasteiger partial charge in [0.2, 0.25) is 5.91 Å². The van der Waals surface area contributed by atoms with Crippen LogP contribution in [0.15, 0.2) is 0 Å². The van der Waals surface area contributed by atoms with E-state index < -0.39 is 6.10 Å². The Labute approximate surface area is 280 Å². The lowest BCUT2D eigenvalue weighted by Gasteiger charge is -2.25. The first kappa shape index (κ1) is 44.3. The number of amides is 1. The van der Waals surface area contributed by atoms with E-state index in [2.05, 4.69) is 13.8 Å². The molecule has 6 heteroatoms. The van der Waals surface area contributed by atoms with Gasteiger partial charge >= 0.3 is 0 Å². The molecule has 0 radical (unpaired) electrons. The first-order valence-corrected chi connectivity index (χ1v) is 19.9. The van der Waals surface area contributed by atoms with Gasteiger partial charge in [0.1, 0.15) is 0 Å². The van der Waals surface area contributed by atoms with Crippen molar-refractivity contribution in [1.82, 2.24) is 4.90 Å². The minimum Gasteiger partial charge on any atom is -0.394 e. The van der Waals surface area contributed by atoms with Crippen molar-refractivity contribution in [2.24, 2.45) is 0 Å². The normalized spacial score (nSPS) is 12.2. The fourth-order valence-corrected chi connectivity index (χ4v) is 6.04. The molecule has 45 heavy (non-hydrogen) atoms. The summed E-state index contributed by atoms with van der Waals surface area (Å²) in [5.41, 5.74) is 0. The predicted octanol–water partition coefficient (Wildman–Crippen LogP) is 10.2. The molecule has 0 rings (SSSR count). The van der Waals surface area contributed by atoms with E-state index in [0.717, 1.165) is 19.3 Å². The summed E-state index contributed by atoms with van der Waals surface area (Å²) in [5.74, 6) is 0.0803. The van der Waals surface area contributed by atoms with Gasteiger partial charge in [0, 0.05) is 26.1 Å². The van der Waals surface area contributed by atoms with Gasteiger partial charge in [-0.2, -0.15) is 0 Å². The van der Waals surface area contributed by atoms with Gasteiger partial charge in [-0.15, -0.1) is 0 Å². The summed E-state index contributed by atoms with van der Waals surface area (Å²) >= 11 is 0. The number of ether oxygens (including phenoxy) is 2. The van der Waals surface area contributed by atoms with Crippen LogP contribution in [-0.4, -0.2) is 73.2 Å². The molecule has 0 aromatic rings. The molecule has 0 bridgehead atoms. The average molecular weight is 642 g/mol. The maximum Gasteiger partial charge on any atom is 0.222 e. The highest BCUT2D eigenvalue weighted by molar-refractivity contribution is 5.76. The van der Waals surface area contributed by atoms with Crippen molar-refractivity contribution in [3.63, 3.8) is 0 Å². The van der Waals surface area contributed by atoms with Crippen LogP contribution in [-0.2, 0) is 14.3 Å². The first-order valence-electron chi connectivity index (χ1n) is 19.9. The molecule has 0 heterocycles. The van der Waals surface area contributed by atoms with E-state index in [9.17, 15) is 9.90 Å². The summed E-state index contributed by atoms with van der Waals surface area (Å²) in [7, 11) is 0. The van der Waals surface area contributed by atoms with Gasteiger partial charge in [0.05, 0.1) is 32.5 Å². The molecule has 2 N–H and O–H groups in total. The highest BCUT2D eigenvalue weighted by atomic mass is 16.5. The third-order valence-corrected chi connectivity index (χ3v) is 8.97. The van der Waals surface area contributed by atoms with Crippen molar-refractivity contribution in [3.05, 3.63) is 0 Å². The highest BCUT2D eigenvalue weighted by Crippen LogP contribution is 2.15. The maximum atomic E-state index is 12.9. The van der Waals surface area contributed by atoms with Gasteiger partial charge in [-0.1, -0.05) is 174 Å². The Kier molecular flexibility index (Phi) is 37.2. The fraction of sp³-hybridized carbons (Fsp3) is 0.974. The number of hydrogen-bond donors (Lipinski definition) is 2. The first-order chi connectivity index (χ1) is 22.2. The molecule has 1 atom stereocenters. The molecule has 0 aliphatic heterocycles. The molecular weight excluding hydrogens is 562 g/mol. The number of carbonyl (C=O) groups is 1. The largest absolute Gasteiger partial charge is 0.394 e.